The van der Waals surface area contributed by atoms with Gasteiger partial charge in [0.1, 0.15) is 5.82 Å². The SMILES string of the molecule is Clc1cc(Br)cc2ccc(N3CCN(Cc4cccnc4)CC3)nc12. The number of hydrogen-bond acceptors (Lipinski definition) is 4. The number of aromatic nitrogens is 2. The molecule has 3 aromatic rings. The summed E-state index contributed by atoms with van der Waals surface area (Å²) in [4.78, 5) is 13.8. The first kappa shape index (κ1) is 16.8. The molecular weight excluding hydrogens is 400 g/mol. The summed E-state index contributed by atoms with van der Waals surface area (Å²) < 4.78 is 0.976. The zero-order chi connectivity index (χ0) is 17.2. The van der Waals surface area contributed by atoms with E-state index in [4.69, 9.17) is 16.6 Å². The highest BCUT2D eigenvalue weighted by Gasteiger charge is 2.18. The normalized spacial score (nSPS) is 15.7. The van der Waals surface area contributed by atoms with Crippen molar-refractivity contribution in [3.8, 4) is 0 Å². The van der Waals surface area contributed by atoms with Crippen LogP contribution in [0.3, 0.4) is 0 Å². The van der Waals surface area contributed by atoms with E-state index in [1.54, 1.807) is 0 Å². The highest BCUT2D eigenvalue weighted by molar-refractivity contribution is 9.10. The zero-order valence-corrected chi connectivity index (χ0v) is 16.0. The van der Waals surface area contributed by atoms with Gasteiger partial charge in [0.15, 0.2) is 0 Å². The maximum Gasteiger partial charge on any atom is 0.129 e. The summed E-state index contributed by atoms with van der Waals surface area (Å²) in [5, 5.41) is 1.74. The molecule has 0 spiro atoms. The van der Waals surface area contributed by atoms with Crippen LogP contribution in [0, 0.1) is 0 Å². The molecule has 1 aliphatic heterocycles. The molecule has 1 fully saturated rings. The number of hydrogen-bond donors (Lipinski definition) is 0. The van der Waals surface area contributed by atoms with Crippen LogP contribution in [0.4, 0.5) is 5.82 Å². The Hall–Kier alpha value is -1.69. The summed E-state index contributed by atoms with van der Waals surface area (Å²) in [7, 11) is 0. The summed E-state index contributed by atoms with van der Waals surface area (Å²) in [6.07, 6.45) is 3.76. The van der Waals surface area contributed by atoms with E-state index in [0.29, 0.717) is 5.02 Å². The van der Waals surface area contributed by atoms with Crippen LogP contribution in [0.15, 0.2) is 53.3 Å². The van der Waals surface area contributed by atoms with Crippen LogP contribution in [-0.4, -0.2) is 41.0 Å². The molecular formula is C19H18BrClN4. The first-order valence-corrected chi connectivity index (χ1v) is 9.48. The van der Waals surface area contributed by atoms with Crippen molar-refractivity contribution in [2.24, 2.45) is 0 Å². The number of halogens is 2. The molecule has 0 amide bonds. The number of piperazine rings is 1. The van der Waals surface area contributed by atoms with Gasteiger partial charge in [0, 0.05) is 55.0 Å². The highest BCUT2D eigenvalue weighted by Crippen LogP contribution is 2.29. The van der Waals surface area contributed by atoms with Gasteiger partial charge < -0.3 is 4.90 Å². The molecule has 4 nitrogen and oxygen atoms in total. The molecule has 0 saturated carbocycles. The lowest BCUT2D eigenvalue weighted by Gasteiger charge is -2.35. The molecule has 1 saturated heterocycles. The molecule has 0 atom stereocenters. The average molecular weight is 418 g/mol. The Morgan fingerprint density at radius 1 is 1.08 bits per heavy atom. The maximum absolute atomic E-state index is 6.36. The molecule has 0 aliphatic carbocycles. The van der Waals surface area contributed by atoms with Gasteiger partial charge in [-0.25, -0.2) is 4.98 Å². The lowest BCUT2D eigenvalue weighted by Crippen LogP contribution is -2.46. The van der Waals surface area contributed by atoms with E-state index in [9.17, 15) is 0 Å². The lowest BCUT2D eigenvalue weighted by atomic mass is 10.2. The molecule has 3 heterocycles. The van der Waals surface area contributed by atoms with Crippen molar-refractivity contribution >= 4 is 44.3 Å². The van der Waals surface area contributed by atoms with Gasteiger partial charge in [0.05, 0.1) is 10.5 Å². The molecule has 25 heavy (non-hydrogen) atoms. The average Bonchev–Trinajstić information content (AvgIpc) is 2.63. The van der Waals surface area contributed by atoms with E-state index in [0.717, 1.165) is 53.9 Å². The fourth-order valence-corrected chi connectivity index (χ4v) is 4.08. The van der Waals surface area contributed by atoms with Crippen LogP contribution in [0.5, 0.6) is 0 Å². The number of anilines is 1. The molecule has 0 N–H and O–H groups in total. The minimum absolute atomic E-state index is 0.682. The number of nitrogens with zero attached hydrogens (tertiary/aromatic N) is 4. The summed E-state index contributed by atoms with van der Waals surface area (Å²) in [6.45, 7) is 4.91. The first-order valence-electron chi connectivity index (χ1n) is 8.31. The Bertz CT molecular complexity index is 879. The summed E-state index contributed by atoms with van der Waals surface area (Å²) in [5.41, 5.74) is 2.12. The Morgan fingerprint density at radius 3 is 2.68 bits per heavy atom. The second-order valence-electron chi connectivity index (χ2n) is 6.25. The van der Waals surface area contributed by atoms with Crippen molar-refractivity contribution in [1.29, 1.82) is 0 Å². The molecule has 1 aromatic carbocycles. The van der Waals surface area contributed by atoms with E-state index >= 15 is 0 Å². The molecule has 4 rings (SSSR count). The molecule has 0 radical (unpaired) electrons. The summed E-state index contributed by atoms with van der Waals surface area (Å²) >= 11 is 9.84. The Morgan fingerprint density at radius 2 is 1.92 bits per heavy atom. The smallest absolute Gasteiger partial charge is 0.129 e. The zero-order valence-electron chi connectivity index (χ0n) is 13.7. The third-order valence-corrected chi connectivity index (χ3v) is 5.27. The van der Waals surface area contributed by atoms with Crippen molar-refractivity contribution in [2.75, 3.05) is 31.1 Å². The van der Waals surface area contributed by atoms with Crippen LogP contribution >= 0.6 is 27.5 Å². The van der Waals surface area contributed by atoms with Gasteiger partial charge in [0.2, 0.25) is 0 Å². The van der Waals surface area contributed by atoms with Crippen molar-refractivity contribution < 1.29 is 0 Å². The second-order valence-corrected chi connectivity index (χ2v) is 7.58. The van der Waals surface area contributed by atoms with Crippen LogP contribution in [-0.2, 0) is 6.54 Å². The molecule has 1 aliphatic rings. The van der Waals surface area contributed by atoms with Gasteiger partial charge in [-0.2, -0.15) is 0 Å². The molecule has 128 valence electrons. The van der Waals surface area contributed by atoms with Gasteiger partial charge in [0.25, 0.3) is 0 Å². The monoisotopic (exact) mass is 416 g/mol. The molecule has 0 bridgehead atoms. The number of rotatable bonds is 3. The predicted octanol–water partition coefficient (Wildman–Crippen LogP) is 4.37. The number of benzene rings is 1. The van der Waals surface area contributed by atoms with E-state index in [2.05, 4.69) is 48.9 Å². The van der Waals surface area contributed by atoms with Crippen molar-refractivity contribution in [3.05, 3.63) is 63.9 Å². The highest BCUT2D eigenvalue weighted by atomic mass is 79.9. The fraction of sp³-hybridized carbons (Fsp3) is 0.263. The number of fused-ring (bicyclic) bond motifs is 1. The summed E-state index contributed by atoms with van der Waals surface area (Å²) in [5.74, 6) is 0.998. The van der Waals surface area contributed by atoms with Gasteiger partial charge in [-0.05, 0) is 35.9 Å². The van der Waals surface area contributed by atoms with Crippen LogP contribution < -0.4 is 4.90 Å². The molecule has 0 unspecified atom stereocenters. The number of pyridine rings is 2. The van der Waals surface area contributed by atoms with Gasteiger partial charge in [-0.15, -0.1) is 0 Å². The van der Waals surface area contributed by atoms with Gasteiger partial charge in [-0.3, -0.25) is 9.88 Å². The lowest BCUT2D eigenvalue weighted by molar-refractivity contribution is 0.249. The third kappa shape index (κ3) is 3.78. The Balaban J connectivity index is 1.46. The van der Waals surface area contributed by atoms with E-state index in [-0.39, 0.29) is 0 Å². The Kier molecular flexibility index (Phi) is 4.88. The Labute approximate surface area is 160 Å². The minimum atomic E-state index is 0.682. The van der Waals surface area contributed by atoms with Crippen LogP contribution in [0.2, 0.25) is 5.02 Å². The summed E-state index contributed by atoms with van der Waals surface area (Å²) in [6, 6.07) is 12.2. The van der Waals surface area contributed by atoms with Crippen LogP contribution in [0.25, 0.3) is 10.9 Å². The van der Waals surface area contributed by atoms with E-state index in [1.807, 2.05) is 30.6 Å². The first-order chi connectivity index (χ1) is 12.2. The largest absolute Gasteiger partial charge is 0.354 e. The van der Waals surface area contributed by atoms with Crippen molar-refractivity contribution in [3.63, 3.8) is 0 Å². The third-order valence-electron chi connectivity index (χ3n) is 4.52. The minimum Gasteiger partial charge on any atom is -0.354 e. The predicted molar refractivity (Wildman–Crippen MR) is 106 cm³/mol. The fourth-order valence-electron chi connectivity index (χ4n) is 3.21. The van der Waals surface area contributed by atoms with Gasteiger partial charge >= 0.3 is 0 Å². The molecule has 2 aromatic heterocycles. The van der Waals surface area contributed by atoms with Gasteiger partial charge in [-0.1, -0.05) is 33.6 Å². The van der Waals surface area contributed by atoms with E-state index < -0.39 is 0 Å². The van der Waals surface area contributed by atoms with Crippen LogP contribution in [0.1, 0.15) is 5.56 Å². The van der Waals surface area contributed by atoms with E-state index in [1.165, 1.54) is 5.56 Å². The van der Waals surface area contributed by atoms with Crippen molar-refractivity contribution in [1.82, 2.24) is 14.9 Å². The quantitative estimate of drug-likeness (QED) is 0.633. The maximum atomic E-state index is 6.36. The standard InChI is InChI=1S/C19H18BrClN4/c20-16-10-15-3-4-18(23-19(15)17(21)11-16)25-8-6-24(7-9-25)13-14-2-1-5-22-12-14/h1-5,10-12H,6-9,13H2. The second kappa shape index (κ2) is 7.28. The van der Waals surface area contributed by atoms with Crippen molar-refractivity contribution in [2.45, 2.75) is 6.54 Å². The molecule has 6 heteroatoms. The topological polar surface area (TPSA) is 32.3 Å².